The molecule has 1 N–H and O–H groups in total. The molecule has 2 aromatic heterocycles. The first-order valence-electron chi connectivity index (χ1n) is 10.9. The number of nitrogens with one attached hydrogen (secondary N) is 1. The molecule has 1 aliphatic heterocycles. The maximum atomic E-state index is 13.8. The van der Waals surface area contributed by atoms with Crippen molar-refractivity contribution in [2.45, 2.75) is 18.5 Å². The van der Waals surface area contributed by atoms with Crippen molar-refractivity contribution in [3.8, 4) is 5.75 Å². The van der Waals surface area contributed by atoms with Crippen LogP contribution < -0.4 is 15.0 Å². The van der Waals surface area contributed by atoms with Crippen LogP contribution in [0.1, 0.15) is 39.0 Å². The summed E-state index contributed by atoms with van der Waals surface area (Å²) in [5.74, 6) is -0.138. The number of methoxy groups -OCH3 is 1. The molecule has 0 saturated carbocycles. The molecule has 1 aliphatic rings. The first-order chi connectivity index (χ1) is 16.7. The van der Waals surface area contributed by atoms with Crippen LogP contribution in [0.4, 0.5) is 5.69 Å². The van der Waals surface area contributed by atoms with Gasteiger partial charge in [0, 0.05) is 30.2 Å². The minimum atomic E-state index is -0.576. The molecule has 6 nitrogen and oxygen atoms in total. The summed E-state index contributed by atoms with van der Waals surface area (Å²) >= 11 is 1.55. The van der Waals surface area contributed by atoms with Crippen molar-refractivity contribution in [2.75, 3.05) is 12.0 Å². The molecular formula is C27H23N3O3S. The fraction of sp³-hybridized carbons (Fsp3) is 0.148. The first kappa shape index (κ1) is 21.9. The summed E-state index contributed by atoms with van der Waals surface area (Å²) in [5.41, 5.74) is 3.87. The molecule has 2 aromatic carbocycles. The number of fused-ring (bicyclic) bond motifs is 1. The summed E-state index contributed by atoms with van der Waals surface area (Å²) in [6.07, 6.45) is 3.41. The Morgan fingerprint density at radius 3 is 2.53 bits per heavy atom. The Labute approximate surface area is 201 Å². The van der Waals surface area contributed by atoms with Gasteiger partial charge in [-0.2, -0.15) is 11.3 Å². The second-order valence-corrected chi connectivity index (χ2v) is 8.79. The number of aromatic nitrogens is 1. The highest BCUT2D eigenvalue weighted by Crippen LogP contribution is 2.45. The summed E-state index contributed by atoms with van der Waals surface area (Å²) in [7, 11) is 1.61. The zero-order valence-corrected chi connectivity index (χ0v) is 19.4. The second kappa shape index (κ2) is 9.49. The Kier molecular flexibility index (Phi) is 6.10. The predicted molar refractivity (Wildman–Crippen MR) is 132 cm³/mol. The summed E-state index contributed by atoms with van der Waals surface area (Å²) in [6, 6.07) is 20.0. The van der Waals surface area contributed by atoms with E-state index in [1.165, 1.54) is 0 Å². The third-order valence-electron chi connectivity index (χ3n) is 6.07. The molecule has 2 atom stereocenters. The number of hydrogen-bond donors (Lipinski definition) is 1. The first-order valence-corrected chi connectivity index (χ1v) is 11.9. The number of anilines is 1. The van der Waals surface area contributed by atoms with Gasteiger partial charge in [-0.05, 0) is 76.0 Å². The molecule has 34 heavy (non-hydrogen) atoms. The van der Waals surface area contributed by atoms with Crippen LogP contribution in [0.25, 0.3) is 0 Å². The van der Waals surface area contributed by atoms with Gasteiger partial charge in [0.05, 0.1) is 19.1 Å². The molecule has 0 bridgehead atoms. The number of hydrogen-bond acceptors (Lipinski definition) is 5. The van der Waals surface area contributed by atoms with Gasteiger partial charge >= 0.3 is 0 Å². The van der Waals surface area contributed by atoms with Gasteiger partial charge in [-0.15, -0.1) is 0 Å². The SMILES string of the molecule is COc1ccc(N2C(=O)c3ccccc3[C@H](C(=O)NCc3ccncc3)[C@@H]2c2ccsc2)cc1. The van der Waals surface area contributed by atoms with Crippen LogP contribution in [-0.4, -0.2) is 23.9 Å². The summed E-state index contributed by atoms with van der Waals surface area (Å²) in [6.45, 7) is 0.382. The largest absolute Gasteiger partial charge is 0.497 e. The average Bonchev–Trinajstić information content (AvgIpc) is 3.43. The van der Waals surface area contributed by atoms with E-state index in [0.717, 1.165) is 16.7 Å². The van der Waals surface area contributed by atoms with Gasteiger partial charge in [0.15, 0.2) is 0 Å². The highest BCUT2D eigenvalue weighted by molar-refractivity contribution is 7.08. The van der Waals surface area contributed by atoms with Gasteiger partial charge in [-0.1, -0.05) is 18.2 Å². The number of pyridine rings is 1. The monoisotopic (exact) mass is 469 g/mol. The molecule has 170 valence electrons. The Balaban J connectivity index is 1.60. The van der Waals surface area contributed by atoms with Crippen molar-refractivity contribution in [3.05, 3.63) is 112 Å². The number of amides is 2. The van der Waals surface area contributed by atoms with Crippen LogP contribution in [0.5, 0.6) is 5.75 Å². The van der Waals surface area contributed by atoms with Crippen molar-refractivity contribution < 1.29 is 14.3 Å². The summed E-state index contributed by atoms with van der Waals surface area (Å²) < 4.78 is 5.30. The fourth-order valence-corrected chi connectivity index (χ4v) is 5.12. The van der Waals surface area contributed by atoms with E-state index < -0.39 is 12.0 Å². The van der Waals surface area contributed by atoms with E-state index in [0.29, 0.717) is 23.5 Å². The van der Waals surface area contributed by atoms with Crippen LogP contribution in [0.2, 0.25) is 0 Å². The molecular weight excluding hydrogens is 446 g/mol. The lowest BCUT2D eigenvalue weighted by Gasteiger charge is -2.41. The third kappa shape index (κ3) is 4.06. The number of carbonyl (C=O) groups is 2. The van der Waals surface area contributed by atoms with Crippen LogP contribution in [0.15, 0.2) is 89.9 Å². The highest BCUT2D eigenvalue weighted by atomic mass is 32.1. The van der Waals surface area contributed by atoms with Crippen molar-refractivity contribution in [3.63, 3.8) is 0 Å². The molecule has 5 rings (SSSR count). The maximum absolute atomic E-state index is 13.8. The van der Waals surface area contributed by atoms with Crippen LogP contribution in [-0.2, 0) is 11.3 Å². The number of thiophene rings is 1. The Hall–Kier alpha value is -3.97. The number of rotatable bonds is 6. The smallest absolute Gasteiger partial charge is 0.259 e. The molecule has 0 spiro atoms. The van der Waals surface area contributed by atoms with Crippen molar-refractivity contribution in [2.24, 2.45) is 0 Å². The molecule has 0 unspecified atom stereocenters. The van der Waals surface area contributed by atoms with Gasteiger partial charge in [-0.25, -0.2) is 0 Å². The van der Waals surface area contributed by atoms with E-state index in [9.17, 15) is 9.59 Å². The number of ether oxygens (including phenoxy) is 1. The van der Waals surface area contributed by atoms with E-state index >= 15 is 0 Å². The predicted octanol–water partition coefficient (Wildman–Crippen LogP) is 4.95. The number of nitrogens with zero attached hydrogens (tertiary/aromatic N) is 2. The van der Waals surface area contributed by atoms with E-state index in [1.807, 2.05) is 71.4 Å². The Morgan fingerprint density at radius 2 is 1.82 bits per heavy atom. The number of carbonyl (C=O) groups excluding carboxylic acids is 2. The van der Waals surface area contributed by atoms with Crippen molar-refractivity contribution in [1.82, 2.24) is 10.3 Å². The minimum Gasteiger partial charge on any atom is -0.497 e. The quantitative estimate of drug-likeness (QED) is 0.434. The Bertz CT molecular complexity index is 1290. The van der Waals surface area contributed by atoms with Crippen LogP contribution in [0.3, 0.4) is 0 Å². The second-order valence-electron chi connectivity index (χ2n) is 8.01. The van der Waals surface area contributed by atoms with Gasteiger partial charge in [0.25, 0.3) is 5.91 Å². The zero-order valence-electron chi connectivity index (χ0n) is 18.5. The lowest BCUT2D eigenvalue weighted by Crippen LogP contribution is -2.47. The summed E-state index contributed by atoms with van der Waals surface area (Å²) in [4.78, 5) is 33.3. The molecule has 7 heteroatoms. The van der Waals surface area contributed by atoms with Gasteiger partial charge in [0.2, 0.25) is 5.91 Å². The van der Waals surface area contributed by atoms with Crippen LogP contribution in [0, 0.1) is 0 Å². The molecule has 0 aliphatic carbocycles. The lowest BCUT2D eigenvalue weighted by atomic mass is 9.79. The molecule has 0 fully saturated rings. The number of benzene rings is 2. The maximum Gasteiger partial charge on any atom is 0.259 e. The van der Waals surface area contributed by atoms with Crippen molar-refractivity contribution >= 4 is 28.8 Å². The molecule has 4 aromatic rings. The van der Waals surface area contributed by atoms with E-state index in [2.05, 4.69) is 10.3 Å². The van der Waals surface area contributed by atoms with Crippen LogP contribution >= 0.6 is 11.3 Å². The summed E-state index contributed by atoms with van der Waals surface area (Å²) in [5, 5.41) is 7.06. The van der Waals surface area contributed by atoms with E-state index in [4.69, 9.17) is 4.74 Å². The zero-order chi connectivity index (χ0) is 23.5. The molecule has 0 radical (unpaired) electrons. The highest BCUT2D eigenvalue weighted by Gasteiger charge is 2.44. The third-order valence-corrected chi connectivity index (χ3v) is 6.77. The molecule has 0 saturated heterocycles. The van der Waals surface area contributed by atoms with Gasteiger partial charge < -0.3 is 10.1 Å². The van der Waals surface area contributed by atoms with Gasteiger partial charge in [0.1, 0.15) is 5.75 Å². The normalized spacial score (nSPS) is 17.2. The van der Waals surface area contributed by atoms with Gasteiger partial charge in [-0.3, -0.25) is 19.5 Å². The molecule has 3 heterocycles. The Morgan fingerprint density at radius 1 is 1.06 bits per heavy atom. The van der Waals surface area contributed by atoms with Crippen molar-refractivity contribution in [1.29, 1.82) is 0 Å². The van der Waals surface area contributed by atoms with E-state index in [1.54, 1.807) is 41.8 Å². The minimum absolute atomic E-state index is 0.129. The van der Waals surface area contributed by atoms with E-state index in [-0.39, 0.29) is 11.8 Å². The average molecular weight is 470 g/mol. The fourth-order valence-electron chi connectivity index (χ4n) is 4.43. The topological polar surface area (TPSA) is 71.5 Å². The standard InChI is InChI=1S/C27H23N3O3S/c1-33-21-8-6-20(7-9-21)30-25(19-12-15-34-17-19)24(22-4-2-3-5-23(22)27(30)32)26(31)29-16-18-10-13-28-14-11-18/h2-15,17,24-25H,16H2,1H3,(H,29,31)/t24-,25-/m0/s1. The lowest BCUT2D eigenvalue weighted by molar-refractivity contribution is -0.123. The molecule has 2 amide bonds.